The van der Waals surface area contributed by atoms with Crippen LogP contribution in [0.15, 0.2) is 24.3 Å². The fourth-order valence-electron chi connectivity index (χ4n) is 0.354. The topological polar surface area (TPSA) is 0 Å². The summed E-state index contributed by atoms with van der Waals surface area (Å²) in [6.07, 6.45) is 5.09. The van der Waals surface area contributed by atoms with Gasteiger partial charge in [-0.05, 0) is 13.3 Å². The van der Waals surface area contributed by atoms with Crippen molar-refractivity contribution in [3.8, 4) is 0 Å². The van der Waals surface area contributed by atoms with Crippen molar-refractivity contribution >= 4 is 0 Å². The predicted molar refractivity (Wildman–Crippen MR) is 34.2 cm³/mol. The number of allylic oxidation sites excluding steroid dienone is 3. The standard InChI is InChI=1S/C7H12/c1-4-6-7(3)5-2/h4,6H,3,5H2,1-2H3/b6-4-. The first-order valence-corrected chi connectivity index (χ1v) is 2.61. The third-order valence-electron chi connectivity index (χ3n) is 0.856. The minimum atomic E-state index is 1.06. The lowest BCUT2D eigenvalue weighted by Crippen LogP contribution is -1.65. The van der Waals surface area contributed by atoms with Gasteiger partial charge in [0, 0.05) is 0 Å². The molecule has 0 aromatic heterocycles. The molecular weight excluding hydrogens is 84.1 g/mol. The van der Waals surface area contributed by atoms with E-state index in [1.54, 1.807) is 0 Å². The normalized spacial score (nSPS) is 10.0. The maximum atomic E-state index is 3.78. The average molecular weight is 96.2 g/mol. The molecule has 0 bridgehead atoms. The second-order valence-electron chi connectivity index (χ2n) is 1.51. The third kappa shape index (κ3) is 3.31. The lowest BCUT2D eigenvalue weighted by molar-refractivity contribution is 1.16. The largest absolute Gasteiger partial charge is 0.0959 e. The van der Waals surface area contributed by atoms with E-state index >= 15 is 0 Å². The zero-order chi connectivity index (χ0) is 5.70. The highest BCUT2D eigenvalue weighted by molar-refractivity contribution is 5.12. The minimum Gasteiger partial charge on any atom is -0.0959 e. The van der Waals surface area contributed by atoms with E-state index < -0.39 is 0 Å². The SMILES string of the molecule is C=C(/C=C\C)CC. The Morgan fingerprint density at radius 1 is 1.71 bits per heavy atom. The Bertz CT molecular complexity index is 78.0. The fraction of sp³-hybridized carbons (Fsp3) is 0.429. The monoisotopic (exact) mass is 96.1 g/mol. The lowest BCUT2D eigenvalue weighted by atomic mass is 10.2. The van der Waals surface area contributed by atoms with Crippen molar-refractivity contribution in [3.05, 3.63) is 24.3 Å². The molecule has 7 heavy (non-hydrogen) atoms. The van der Waals surface area contributed by atoms with Crippen LogP contribution in [0.2, 0.25) is 0 Å². The van der Waals surface area contributed by atoms with Crippen molar-refractivity contribution in [1.29, 1.82) is 0 Å². The summed E-state index contributed by atoms with van der Waals surface area (Å²) >= 11 is 0. The Morgan fingerprint density at radius 2 is 2.29 bits per heavy atom. The van der Waals surface area contributed by atoms with Crippen molar-refractivity contribution in [3.63, 3.8) is 0 Å². The van der Waals surface area contributed by atoms with Crippen LogP contribution in [0.25, 0.3) is 0 Å². The molecule has 0 heteroatoms. The van der Waals surface area contributed by atoms with Gasteiger partial charge in [-0.25, -0.2) is 0 Å². The van der Waals surface area contributed by atoms with E-state index in [1.165, 1.54) is 5.57 Å². The minimum absolute atomic E-state index is 1.06. The Kier molecular flexibility index (Phi) is 3.39. The van der Waals surface area contributed by atoms with Crippen molar-refractivity contribution < 1.29 is 0 Å². The number of hydrogen-bond donors (Lipinski definition) is 0. The van der Waals surface area contributed by atoms with Crippen LogP contribution in [-0.2, 0) is 0 Å². The first-order chi connectivity index (χ1) is 3.31. The molecule has 0 aliphatic carbocycles. The van der Waals surface area contributed by atoms with Gasteiger partial charge in [0.15, 0.2) is 0 Å². The summed E-state index contributed by atoms with van der Waals surface area (Å²) in [6.45, 7) is 7.88. The van der Waals surface area contributed by atoms with Gasteiger partial charge >= 0.3 is 0 Å². The average Bonchev–Trinajstić information content (AvgIpc) is 1.68. The van der Waals surface area contributed by atoms with Gasteiger partial charge in [-0.3, -0.25) is 0 Å². The number of hydrogen-bond acceptors (Lipinski definition) is 0. The first-order valence-electron chi connectivity index (χ1n) is 2.61. The van der Waals surface area contributed by atoms with Gasteiger partial charge in [0.25, 0.3) is 0 Å². The second-order valence-corrected chi connectivity index (χ2v) is 1.51. The molecular formula is C7H12. The summed E-state index contributed by atoms with van der Waals surface area (Å²) in [5.74, 6) is 0. The molecule has 0 unspecified atom stereocenters. The van der Waals surface area contributed by atoms with Gasteiger partial charge in [-0.15, -0.1) is 0 Å². The van der Waals surface area contributed by atoms with E-state index in [0.717, 1.165) is 6.42 Å². The molecule has 0 aliphatic rings. The third-order valence-corrected chi connectivity index (χ3v) is 0.856. The smallest absolute Gasteiger partial charge is 0.0313 e. The lowest BCUT2D eigenvalue weighted by Gasteiger charge is -1.85. The quantitative estimate of drug-likeness (QED) is 0.463. The summed E-state index contributed by atoms with van der Waals surface area (Å²) in [5.41, 5.74) is 1.20. The van der Waals surface area contributed by atoms with Gasteiger partial charge in [-0.1, -0.05) is 31.2 Å². The molecule has 40 valence electrons. The van der Waals surface area contributed by atoms with E-state index in [0.29, 0.717) is 0 Å². The van der Waals surface area contributed by atoms with Crippen LogP contribution in [0.5, 0.6) is 0 Å². The fourth-order valence-corrected chi connectivity index (χ4v) is 0.354. The highest BCUT2D eigenvalue weighted by Gasteiger charge is 1.75. The maximum absolute atomic E-state index is 3.78. The summed E-state index contributed by atoms with van der Waals surface area (Å²) in [7, 11) is 0. The van der Waals surface area contributed by atoms with Crippen LogP contribution in [0.4, 0.5) is 0 Å². The number of rotatable bonds is 2. The highest BCUT2D eigenvalue weighted by Crippen LogP contribution is 1.95. The molecule has 0 aliphatic heterocycles. The summed E-state index contributed by atoms with van der Waals surface area (Å²) < 4.78 is 0. The zero-order valence-electron chi connectivity index (χ0n) is 5.07. The molecule has 0 radical (unpaired) electrons. The van der Waals surface area contributed by atoms with Crippen LogP contribution < -0.4 is 0 Å². The van der Waals surface area contributed by atoms with E-state index in [1.807, 2.05) is 19.1 Å². The summed E-state index contributed by atoms with van der Waals surface area (Å²) in [6, 6.07) is 0. The molecule has 0 aromatic carbocycles. The molecule has 0 amide bonds. The molecule has 0 saturated heterocycles. The molecule has 0 fully saturated rings. The molecule has 0 nitrogen and oxygen atoms in total. The summed E-state index contributed by atoms with van der Waals surface area (Å²) in [4.78, 5) is 0. The molecule has 0 heterocycles. The van der Waals surface area contributed by atoms with Crippen molar-refractivity contribution in [2.45, 2.75) is 20.3 Å². The molecule has 0 aromatic rings. The van der Waals surface area contributed by atoms with Crippen molar-refractivity contribution in [1.82, 2.24) is 0 Å². The van der Waals surface area contributed by atoms with E-state index in [4.69, 9.17) is 0 Å². The van der Waals surface area contributed by atoms with E-state index in [9.17, 15) is 0 Å². The van der Waals surface area contributed by atoms with Crippen LogP contribution >= 0.6 is 0 Å². The molecule has 0 saturated carbocycles. The van der Waals surface area contributed by atoms with E-state index in [2.05, 4.69) is 13.5 Å². The van der Waals surface area contributed by atoms with Gasteiger partial charge in [0.2, 0.25) is 0 Å². The van der Waals surface area contributed by atoms with Crippen molar-refractivity contribution in [2.24, 2.45) is 0 Å². The van der Waals surface area contributed by atoms with Gasteiger partial charge in [0.05, 0.1) is 0 Å². The zero-order valence-corrected chi connectivity index (χ0v) is 5.07. The van der Waals surface area contributed by atoms with E-state index in [-0.39, 0.29) is 0 Å². The molecule has 0 spiro atoms. The van der Waals surface area contributed by atoms with Crippen molar-refractivity contribution in [2.75, 3.05) is 0 Å². The van der Waals surface area contributed by atoms with Gasteiger partial charge in [-0.2, -0.15) is 0 Å². The summed E-state index contributed by atoms with van der Waals surface area (Å²) in [5, 5.41) is 0. The Balaban J connectivity index is 3.37. The predicted octanol–water partition coefficient (Wildman–Crippen LogP) is 2.53. The van der Waals surface area contributed by atoms with Crippen LogP contribution in [0.3, 0.4) is 0 Å². The Hall–Kier alpha value is -0.520. The molecule has 0 atom stereocenters. The van der Waals surface area contributed by atoms with Gasteiger partial charge < -0.3 is 0 Å². The first kappa shape index (κ1) is 6.48. The van der Waals surface area contributed by atoms with Crippen LogP contribution in [0.1, 0.15) is 20.3 Å². The molecule has 0 rings (SSSR count). The Morgan fingerprint density at radius 3 is 2.43 bits per heavy atom. The maximum Gasteiger partial charge on any atom is -0.0313 e. The van der Waals surface area contributed by atoms with Crippen LogP contribution in [0, 0.1) is 0 Å². The second kappa shape index (κ2) is 3.66. The molecule has 0 N–H and O–H groups in total. The van der Waals surface area contributed by atoms with Gasteiger partial charge in [0.1, 0.15) is 0 Å². The van der Waals surface area contributed by atoms with Crippen LogP contribution in [-0.4, -0.2) is 0 Å². The highest BCUT2D eigenvalue weighted by atomic mass is 13.8. The Labute approximate surface area is 45.5 Å².